The smallest absolute Gasteiger partial charge is 0.188 e. The Balaban J connectivity index is 2.99. The number of methoxy groups -OCH3 is 1. The van der Waals surface area contributed by atoms with Crippen molar-refractivity contribution in [1.82, 2.24) is 0 Å². The van der Waals surface area contributed by atoms with Gasteiger partial charge in [-0.3, -0.25) is 4.79 Å². The first-order chi connectivity index (χ1) is 7.19. The fraction of sp³-hybridized carbons (Fsp3) is 0.364. The molecule has 0 aromatic heterocycles. The van der Waals surface area contributed by atoms with Gasteiger partial charge in [-0.05, 0) is 18.2 Å². The lowest BCUT2D eigenvalue weighted by atomic mass is 10.2. The third-order valence-electron chi connectivity index (χ3n) is 1.93. The number of hydrogen-bond donors (Lipinski definition) is 0. The van der Waals surface area contributed by atoms with E-state index in [4.69, 9.17) is 9.47 Å². The Morgan fingerprint density at radius 3 is 2.67 bits per heavy atom. The van der Waals surface area contributed by atoms with Gasteiger partial charge in [-0.25, -0.2) is 0 Å². The summed E-state index contributed by atoms with van der Waals surface area (Å²) in [6, 6.07) is 5.29. The summed E-state index contributed by atoms with van der Waals surface area (Å²) in [7, 11) is 5.38. The molecule has 4 nitrogen and oxygen atoms in total. The van der Waals surface area contributed by atoms with E-state index < -0.39 is 0 Å². The van der Waals surface area contributed by atoms with Crippen LogP contribution in [-0.4, -0.2) is 34.3 Å². The molecule has 1 aromatic rings. The molecular weight excluding hydrogens is 194 g/mol. The van der Waals surface area contributed by atoms with E-state index in [1.54, 1.807) is 19.2 Å². The maximum Gasteiger partial charge on any atom is 0.188 e. The van der Waals surface area contributed by atoms with Gasteiger partial charge >= 0.3 is 0 Å². The number of hydrogen-bond acceptors (Lipinski definition) is 4. The van der Waals surface area contributed by atoms with E-state index in [1.165, 1.54) is 0 Å². The number of benzene rings is 1. The second-order valence-corrected chi connectivity index (χ2v) is 3.29. The average molecular weight is 209 g/mol. The minimum atomic E-state index is 0.170. The standard InChI is InChI=1S/C11H15NO3/c1-12(2)10-5-4-9(7-13)6-11(10)15-8-14-3/h4-7H,8H2,1-3H3. The van der Waals surface area contributed by atoms with Gasteiger partial charge in [0.15, 0.2) is 6.79 Å². The first-order valence-electron chi connectivity index (χ1n) is 4.57. The molecule has 0 fully saturated rings. The average Bonchev–Trinajstić information content (AvgIpc) is 2.25. The van der Waals surface area contributed by atoms with Crippen molar-refractivity contribution in [2.24, 2.45) is 0 Å². The summed E-state index contributed by atoms with van der Waals surface area (Å²) in [5.41, 5.74) is 1.50. The first kappa shape index (κ1) is 11.5. The zero-order valence-electron chi connectivity index (χ0n) is 9.19. The molecule has 0 bridgehead atoms. The molecule has 0 spiro atoms. The quantitative estimate of drug-likeness (QED) is 0.544. The molecule has 82 valence electrons. The zero-order chi connectivity index (χ0) is 11.3. The summed E-state index contributed by atoms with van der Waals surface area (Å²) in [5.74, 6) is 0.645. The predicted octanol–water partition coefficient (Wildman–Crippen LogP) is 1.55. The van der Waals surface area contributed by atoms with E-state index in [1.807, 2.05) is 25.1 Å². The van der Waals surface area contributed by atoms with Gasteiger partial charge < -0.3 is 14.4 Å². The van der Waals surface area contributed by atoms with Crippen LogP contribution < -0.4 is 9.64 Å². The van der Waals surface area contributed by atoms with Crippen LogP contribution in [-0.2, 0) is 4.74 Å². The molecule has 0 aliphatic heterocycles. The fourth-order valence-electron chi connectivity index (χ4n) is 1.21. The summed E-state index contributed by atoms with van der Waals surface area (Å²) >= 11 is 0. The van der Waals surface area contributed by atoms with Gasteiger partial charge in [0, 0.05) is 26.8 Å². The molecule has 0 aliphatic rings. The van der Waals surface area contributed by atoms with Crippen LogP contribution in [0.5, 0.6) is 5.75 Å². The van der Waals surface area contributed by atoms with Crippen LogP contribution in [0.25, 0.3) is 0 Å². The van der Waals surface area contributed by atoms with Gasteiger partial charge in [0.05, 0.1) is 5.69 Å². The lowest BCUT2D eigenvalue weighted by molar-refractivity contribution is 0.0514. The SMILES string of the molecule is COCOc1cc(C=O)ccc1N(C)C. The molecule has 0 saturated carbocycles. The topological polar surface area (TPSA) is 38.8 Å². The van der Waals surface area contributed by atoms with Crippen molar-refractivity contribution >= 4 is 12.0 Å². The number of carbonyl (C=O) groups is 1. The van der Waals surface area contributed by atoms with Crippen molar-refractivity contribution in [3.05, 3.63) is 23.8 Å². The second kappa shape index (κ2) is 5.36. The van der Waals surface area contributed by atoms with Gasteiger partial charge in [0.2, 0.25) is 0 Å². The van der Waals surface area contributed by atoms with Gasteiger partial charge in [-0.15, -0.1) is 0 Å². The lowest BCUT2D eigenvalue weighted by Gasteiger charge is -2.17. The molecular formula is C11H15NO3. The van der Waals surface area contributed by atoms with E-state index in [9.17, 15) is 4.79 Å². The molecule has 0 atom stereocenters. The summed E-state index contributed by atoms with van der Waals surface area (Å²) in [4.78, 5) is 12.5. The lowest BCUT2D eigenvalue weighted by Crippen LogP contribution is -2.11. The van der Waals surface area contributed by atoms with Crippen LogP contribution in [0.2, 0.25) is 0 Å². The molecule has 0 amide bonds. The number of anilines is 1. The number of rotatable bonds is 5. The van der Waals surface area contributed by atoms with E-state index in [0.29, 0.717) is 11.3 Å². The molecule has 1 rings (SSSR count). The molecule has 0 aliphatic carbocycles. The van der Waals surface area contributed by atoms with Crippen molar-refractivity contribution in [2.75, 3.05) is 32.9 Å². The highest BCUT2D eigenvalue weighted by molar-refractivity contribution is 5.78. The third-order valence-corrected chi connectivity index (χ3v) is 1.93. The molecule has 0 heterocycles. The van der Waals surface area contributed by atoms with Crippen LogP contribution in [0.15, 0.2) is 18.2 Å². The predicted molar refractivity (Wildman–Crippen MR) is 58.7 cm³/mol. The highest BCUT2D eigenvalue weighted by atomic mass is 16.7. The fourth-order valence-corrected chi connectivity index (χ4v) is 1.21. The molecule has 0 N–H and O–H groups in total. The Kier molecular flexibility index (Phi) is 4.12. The number of nitrogens with zero attached hydrogens (tertiary/aromatic N) is 1. The number of carbonyl (C=O) groups excluding carboxylic acids is 1. The van der Waals surface area contributed by atoms with E-state index in [-0.39, 0.29) is 6.79 Å². The van der Waals surface area contributed by atoms with Gasteiger partial charge in [0.1, 0.15) is 12.0 Å². The molecule has 4 heteroatoms. The van der Waals surface area contributed by atoms with E-state index >= 15 is 0 Å². The molecule has 15 heavy (non-hydrogen) atoms. The normalized spacial score (nSPS) is 9.80. The zero-order valence-corrected chi connectivity index (χ0v) is 9.19. The van der Waals surface area contributed by atoms with Crippen LogP contribution in [0.1, 0.15) is 10.4 Å². The monoisotopic (exact) mass is 209 g/mol. The maximum absolute atomic E-state index is 10.6. The summed E-state index contributed by atoms with van der Waals surface area (Å²) in [6.07, 6.45) is 0.791. The third kappa shape index (κ3) is 2.95. The number of ether oxygens (including phenoxy) is 2. The second-order valence-electron chi connectivity index (χ2n) is 3.29. The molecule has 0 unspecified atom stereocenters. The van der Waals surface area contributed by atoms with Crippen molar-refractivity contribution in [3.8, 4) is 5.75 Å². The Morgan fingerprint density at radius 1 is 1.40 bits per heavy atom. The minimum Gasteiger partial charge on any atom is -0.465 e. The maximum atomic E-state index is 10.6. The van der Waals surface area contributed by atoms with Gasteiger partial charge in [0.25, 0.3) is 0 Å². The van der Waals surface area contributed by atoms with Gasteiger partial charge in [-0.1, -0.05) is 0 Å². The Bertz CT molecular complexity index is 337. The largest absolute Gasteiger partial charge is 0.465 e. The van der Waals surface area contributed by atoms with Crippen molar-refractivity contribution in [2.45, 2.75) is 0 Å². The highest BCUT2D eigenvalue weighted by Crippen LogP contribution is 2.27. The van der Waals surface area contributed by atoms with Crippen molar-refractivity contribution < 1.29 is 14.3 Å². The first-order valence-corrected chi connectivity index (χ1v) is 4.57. The number of aldehydes is 1. The minimum absolute atomic E-state index is 0.170. The summed E-state index contributed by atoms with van der Waals surface area (Å²) in [6.45, 7) is 0.170. The highest BCUT2D eigenvalue weighted by Gasteiger charge is 2.06. The molecule has 0 saturated heterocycles. The Labute approximate surface area is 89.4 Å². The van der Waals surface area contributed by atoms with Crippen LogP contribution in [0.3, 0.4) is 0 Å². The summed E-state index contributed by atoms with van der Waals surface area (Å²) in [5, 5.41) is 0. The van der Waals surface area contributed by atoms with E-state index in [0.717, 1.165) is 12.0 Å². The van der Waals surface area contributed by atoms with Crippen LogP contribution >= 0.6 is 0 Å². The summed E-state index contributed by atoms with van der Waals surface area (Å²) < 4.78 is 10.2. The Hall–Kier alpha value is -1.55. The van der Waals surface area contributed by atoms with Crippen molar-refractivity contribution in [1.29, 1.82) is 0 Å². The van der Waals surface area contributed by atoms with Crippen LogP contribution in [0.4, 0.5) is 5.69 Å². The Morgan fingerprint density at radius 2 is 2.13 bits per heavy atom. The van der Waals surface area contributed by atoms with Gasteiger partial charge in [-0.2, -0.15) is 0 Å². The van der Waals surface area contributed by atoms with E-state index in [2.05, 4.69) is 0 Å². The van der Waals surface area contributed by atoms with Crippen LogP contribution in [0, 0.1) is 0 Å². The molecule has 1 aromatic carbocycles. The molecule has 0 radical (unpaired) electrons. The van der Waals surface area contributed by atoms with Crippen molar-refractivity contribution in [3.63, 3.8) is 0 Å².